The number of ether oxygens (including phenoxy) is 1. The van der Waals surface area contributed by atoms with Crippen LogP contribution in [0.25, 0.3) is 11.1 Å². The molecule has 5 saturated heterocycles. The molecule has 0 saturated carbocycles. The standard InChI is InChI=1S/C64H85N11O16/c1-34-30-75-56(57(34)83)62(88)66-29-45(77)27-47(67-58(84)41-8-6-39(7-9-41)40-10-12-42(13-11-40)71-21-23-72(24-22-71)43-14-16-44(17-15-43)73-31-35(2)91-36(3)32-73)59(85)68-53(37(4)76)63(89)74-33-46(78)28-48(74)60(86)69-54(52(82)26-38-5-18-49(79)51(81)25-38)61(87)70-55(64(75)90)50(80)19-20-65/h5-18,25,34-37,45-48,50,52-57,76-83H,19-24,26-33,65H2,1-4H3,(H,66,88)(H,67,84)(H,68,85)(H,69,86)(H,70,87)/t34-,35-,36+,37+,45+,46+,47+,48+,50-,52-,53+,54+,55+,56+,57+/m1/s1. The fourth-order valence-corrected chi connectivity index (χ4v) is 12.7. The minimum absolute atomic E-state index is 0.0841. The highest BCUT2D eigenvalue weighted by Crippen LogP contribution is 2.31. The lowest BCUT2D eigenvalue weighted by atomic mass is 9.98. The van der Waals surface area contributed by atoms with E-state index >= 15 is 0 Å². The molecule has 5 fully saturated rings. The fourth-order valence-electron chi connectivity index (χ4n) is 12.7. The molecule has 0 unspecified atom stereocenters. The zero-order valence-electron chi connectivity index (χ0n) is 51.4. The maximum atomic E-state index is 14.6. The third kappa shape index (κ3) is 16.0. The van der Waals surface area contributed by atoms with Crippen LogP contribution in [-0.2, 0) is 39.9 Å². The molecular formula is C64H85N11O16. The molecule has 0 aliphatic carbocycles. The quantitative estimate of drug-likeness (QED) is 0.0644. The molecule has 7 amide bonds. The topological polar surface area (TPSA) is 393 Å². The Hall–Kier alpha value is -8.15. The number of anilines is 3. The Bertz CT molecular complexity index is 3220. The first-order chi connectivity index (χ1) is 43.4. The van der Waals surface area contributed by atoms with Gasteiger partial charge in [-0.2, -0.15) is 0 Å². The number of morpholine rings is 1. The van der Waals surface area contributed by atoms with Crippen LogP contribution in [0.4, 0.5) is 17.1 Å². The number of hydrogen-bond acceptors (Lipinski definition) is 20. The summed E-state index contributed by atoms with van der Waals surface area (Å²) in [6, 6.07) is 15.8. The summed E-state index contributed by atoms with van der Waals surface area (Å²) < 4.78 is 5.92. The molecule has 0 spiro atoms. The number of aliphatic hydroxyl groups excluding tert-OH is 6. The van der Waals surface area contributed by atoms with Crippen molar-refractivity contribution in [3.8, 4) is 22.6 Å². The highest BCUT2D eigenvalue weighted by Gasteiger charge is 2.50. The van der Waals surface area contributed by atoms with Gasteiger partial charge in [0.05, 0.1) is 48.8 Å². The summed E-state index contributed by atoms with van der Waals surface area (Å²) in [5, 5.41) is 101. The van der Waals surface area contributed by atoms with Gasteiger partial charge in [0.2, 0.25) is 35.4 Å². The minimum atomic E-state index is -2.06. The molecule has 5 aliphatic rings. The molecule has 5 aliphatic heterocycles. The van der Waals surface area contributed by atoms with Crippen LogP contribution in [0.2, 0.25) is 0 Å². The normalized spacial score (nSPS) is 28.6. The van der Waals surface area contributed by atoms with Gasteiger partial charge in [-0.25, -0.2) is 0 Å². The Balaban J connectivity index is 0.927. The van der Waals surface area contributed by atoms with Crippen molar-refractivity contribution >= 4 is 58.4 Å². The summed E-state index contributed by atoms with van der Waals surface area (Å²) in [6.45, 7) is 10.2. The number of carbonyl (C=O) groups excluding carboxylic acids is 7. The SMILES string of the molecule is C[C@@H]1CN(c2ccc(N3CCN(c4ccc(-c5ccc(C(=O)N[C@H]6C[C@H](O)CNC(=O)[C@@H]7[C@@H](O)[C@H](C)CN7C(=O)[C@H]([C@H](O)CCN)NC(=O)[C@H]([C@H](O)Cc7ccc(O)c(O)c7)NC(=O)[C@@H]7C[C@H](O)CN7C(=O)[C@H]([C@H](C)O)NC6=O)cc5)cc4)CC3)cc2)C[C@H](C)O1. The summed E-state index contributed by atoms with van der Waals surface area (Å²) in [4.78, 5) is 110. The molecule has 4 aromatic rings. The van der Waals surface area contributed by atoms with Crippen LogP contribution < -0.4 is 47.0 Å². The van der Waals surface area contributed by atoms with Crippen LogP contribution in [0.1, 0.15) is 62.9 Å². The van der Waals surface area contributed by atoms with Crippen molar-refractivity contribution in [1.29, 1.82) is 0 Å². The predicted molar refractivity (Wildman–Crippen MR) is 333 cm³/mol. The zero-order valence-corrected chi connectivity index (χ0v) is 51.4. The number of aliphatic hydroxyl groups is 6. The van der Waals surface area contributed by atoms with E-state index in [4.69, 9.17) is 10.5 Å². The van der Waals surface area contributed by atoms with Gasteiger partial charge in [-0.15, -0.1) is 0 Å². The number of benzene rings is 4. The molecule has 5 heterocycles. The zero-order chi connectivity index (χ0) is 65.5. The summed E-state index contributed by atoms with van der Waals surface area (Å²) in [7, 11) is 0. The van der Waals surface area contributed by atoms with Gasteiger partial charge in [0.25, 0.3) is 5.91 Å². The monoisotopic (exact) mass is 1260 g/mol. The third-order valence-corrected chi connectivity index (χ3v) is 17.7. The average molecular weight is 1260 g/mol. The molecule has 0 aromatic heterocycles. The van der Waals surface area contributed by atoms with Crippen LogP contribution >= 0.6 is 0 Å². The summed E-state index contributed by atoms with van der Waals surface area (Å²) in [5.41, 5.74) is 11.0. The van der Waals surface area contributed by atoms with E-state index in [2.05, 4.69) is 79.4 Å². The number of aromatic hydroxyl groups is 2. The van der Waals surface area contributed by atoms with Crippen molar-refractivity contribution in [1.82, 2.24) is 36.4 Å². The minimum Gasteiger partial charge on any atom is -0.504 e. The number of nitrogens with two attached hydrogens (primary N) is 1. The molecule has 492 valence electrons. The summed E-state index contributed by atoms with van der Waals surface area (Å²) in [5.74, 6) is -9.41. The molecule has 0 radical (unpaired) electrons. The number of amides is 7. The van der Waals surface area contributed by atoms with Gasteiger partial charge in [-0.3, -0.25) is 33.6 Å². The average Bonchev–Trinajstić information content (AvgIpc) is 1.71. The number of rotatable bonds is 13. The molecule has 15 N–H and O–H groups in total. The Morgan fingerprint density at radius 1 is 0.615 bits per heavy atom. The van der Waals surface area contributed by atoms with Crippen LogP contribution in [0.15, 0.2) is 91.0 Å². The van der Waals surface area contributed by atoms with Gasteiger partial charge < -0.3 is 102 Å². The van der Waals surface area contributed by atoms with Crippen molar-refractivity contribution in [2.75, 3.05) is 80.1 Å². The number of β-amino-alcohol motifs (C(OH)–C–C–N with tert-alkyl or cyclic N) is 1. The Kier molecular flexibility index (Phi) is 21.7. The molecule has 27 heteroatoms. The number of phenols is 2. The smallest absolute Gasteiger partial charge is 0.251 e. The second kappa shape index (κ2) is 29.4. The van der Waals surface area contributed by atoms with Crippen molar-refractivity contribution in [3.05, 3.63) is 102 Å². The molecule has 91 heavy (non-hydrogen) atoms. The highest BCUT2D eigenvalue weighted by molar-refractivity contribution is 6.00. The molecular weight excluding hydrogens is 1180 g/mol. The number of phenolic OH excluding ortho intramolecular Hbond substituents is 2. The van der Waals surface area contributed by atoms with Crippen molar-refractivity contribution in [2.45, 2.75) is 138 Å². The highest BCUT2D eigenvalue weighted by atomic mass is 16.5. The molecule has 27 nitrogen and oxygen atoms in total. The van der Waals surface area contributed by atoms with Crippen molar-refractivity contribution in [3.63, 3.8) is 0 Å². The predicted octanol–water partition coefficient (Wildman–Crippen LogP) is -2.00. The van der Waals surface area contributed by atoms with E-state index in [1.807, 2.05) is 24.3 Å². The number of piperazine rings is 1. The first kappa shape index (κ1) is 67.2. The van der Waals surface area contributed by atoms with Crippen LogP contribution in [0.5, 0.6) is 11.5 Å². The van der Waals surface area contributed by atoms with E-state index in [0.717, 1.165) is 84.9 Å². The second-order valence-corrected chi connectivity index (χ2v) is 24.7. The number of nitrogens with one attached hydrogen (secondary N) is 5. The van der Waals surface area contributed by atoms with Gasteiger partial charge in [0.1, 0.15) is 36.3 Å². The Morgan fingerprint density at radius 2 is 1.16 bits per heavy atom. The maximum absolute atomic E-state index is 14.6. The van der Waals surface area contributed by atoms with E-state index in [-0.39, 0.29) is 42.8 Å². The first-order valence-corrected chi connectivity index (χ1v) is 31.0. The lowest BCUT2D eigenvalue weighted by molar-refractivity contribution is -0.147. The lowest BCUT2D eigenvalue weighted by Gasteiger charge is -2.38. The van der Waals surface area contributed by atoms with Gasteiger partial charge in [0.15, 0.2) is 11.5 Å². The second-order valence-electron chi connectivity index (χ2n) is 24.7. The molecule has 4 aromatic carbocycles. The van der Waals surface area contributed by atoms with Crippen molar-refractivity contribution < 1.29 is 79.2 Å². The number of carbonyl (C=O) groups is 7. The van der Waals surface area contributed by atoms with E-state index in [0.29, 0.717) is 0 Å². The summed E-state index contributed by atoms with van der Waals surface area (Å²) in [6.07, 6.45) is -11.6. The fraction of sp³-hybridized carbons (Fsp3) is 0.516. The number of hydrogen-bond donors (Lipinski definition) is 14. The van der Waals surface area contributed by atoms with Crippen molar-refractivity contribution in [2.24, 2.45) is 11.7 Å². The van der Waals surface area contributed by atoms with E-state index in [1.165, 1.54) is 36.5 Å². The number of nitrogens with zero attached hydrogens (tertiary/aromatic N) is 5. The molecule has 0 bridgehead atoms. The van der Waals surface area contributed by atoms with Gasteiger partial charge in [0, 0.05) is 107 Å². The van der Waals surface area contributed by atoms with Gasteiger partial charge in [-0.05, 0) is 111 Å². The summed E-state index contributed by atoms with van der Waals surface area (Å²) >= 11 is 0. The van der Waals surface area contributed by atoms with E-state index < -0.39 is 164 Å². The van der Waals surface area contributed by atoms with Crippen LogP contribution in [-0.4, -0.2) is 243 Å². The third-order valence-electron chi connectivity index (χ3n) is 17.7. The van der Waals surface area contributed by atoms with E-state index in [9.17, 15) is 74.4 Å². The van der Waals surface area contributed by atoms with Crippen LogP contribution in [0, 0.1) is 5.92 Å². The lowest BCUT2D eigenvalue weighted by Crippen LogP contribution is -2.64. The maximum Gasteiger partial charge on any atom is 0.251 e. The Labute approximate surface area is 527 Å². The molecule has 15 atom stereocenters. The van der Waals surface area contributed by atoms with Gasteiger partial charge in [-0.1, -0.05) is 37.3 Å². The van der Waals surface area contributed by atoms with Crippen LogP contribution in [0.3, 0.4) is 0 Å². The number of fused-ring (bicyclic) bond motifs is 2. The first-order valence-electron chi connectivity index (χ1n) is 31.0. The Morgan fingerprint density at radius 3 is 1.75 bits per heavy atom. The van der Waals surface area contributed by atoms with E-state index in [1.54, 1.807) is 12.1 Å². The largest absolute Gasteiger partial charge is 0.504 e. The van der Waals surface area contributed by atoms with Gasteiger partial charge >= 0.3 is 0 Å². The molecule has 9 rings (SSSR count).